The lowest BCUT2D eigenvalue weighted by atomic mass is 10.1. The van der Waals surface area contributed by atoms with Crippen molar-refractivity contribution >= 4 is 23.2 Å². The minimum atomic E-state index is -0.252. The molecule has 7 nitrogen and oxygen atoms in total. The van der Waals surface area contributed by atoms with Crippen molar-refractivity contribution in [2.75, 3.05) is 27.3 Å². The van der Waals surface area contributed by atoms with Gasteiger partial charge < -0.3 is 14.2 Å². The minimum Gasteiger partial charge on any atom is -0.383 e. The molecule has 2 heterocycles. The van der Waals surface area contributed by atoms with Crippen molar-refractivity contribution in [2.24, 2.45) is 5.92 Å². The topological polar surface area (TPSA) is 68.8 Å². The molecule has 1 aromatic carbocycles. The van der Waals surface area contributed by atoms with Gasteiger partial charge >= 0.3 is 0 Å². The van der Waals surface area contributed by atoms with Gasteiger partial charge in [-0.1, -0.05) is 29.8 Å². The molecule has 1 aliphatic carbocycles. The third-order valence-electron chi connectivity index (χ3n) is 5.21. The zero-order valence-electron chi connectivity index (χ0n) is 16.5. The Morgan fingerprint density at radius 1 is 1.31 bits per heavy atom. The van der Waals surface area contributed by atoms with E-state index in [1.807, 2.05) is 24.4 Å². The Hall–Kier alpha value is -2.64. The maximum Gasteiger partial charge on any atom is 0.294 e. The Labute approximate surface area is 173 Å². The molecule has 4 rings (SSSR count). The number of halogens is 1. The number of benzene rings is 1. The molecule has 0 saturated heterocycles. The van der Waals surface area contributed by atoms with Crippen LogP contribution in [0.5, 0.6) is 0 Å². The van der Waals surface area contributed by atoms with Crippen LogP contribution in [0.2, 0.25) is 5.02 Å². The summed E-state index contributed by atoms with van der Waals surface area (Å²) in [6.07, 6.45) is 5.66. The highest BCUT2D eigenvalue weighted by atomic mass is 35.5. The predicted octanol–water partition coefficient (Wildman–Crippen LogP) is 2.94. The zero-order chi connectivity index (χ0) is 20.5. The van der Waals surface area contributed by atoms with Crippen molar-refractivity contribution in [3.05, 3.63) is 57.7 Å². The lowest BCUT2D eigenvalue weighted by Crippen LogP contribution is -2.30. The summed E-state index contributed by atoms with van der Waals surface area (Å²) in [4.78, 5) is 31.8. The first kappa shape index (κ1) is 19.7. The number of hydrogen-bond donors (Lipinski definition) is 0. The second-order valence-electron chi connectivity index (χ2n) is 7.43. The first-order chi connectivity index (χ1) is 14.0. The number of likely N-dealkylation sites (N-methyl/N-ethyl adjacent to an activating group) is 1. The van der Waals surface area contributed by atoms with E-state index in [2.05, 4.69) is 4.98 Å². The molecule has 1 saturated carbocycles. The van der Waals surface area contributed by atoms with Crippen molar-refractivity contribution < 1.29 is 9.53 Å². The normalized spacial score (nSPS) is 13.8. The van der Waals surface area contributed by atoms with Crippen LogP contribution in [0.25, 0.3) is 16.9 Å². The van der Waals surface area contributed by atoms with Gasteiger partial charge in [0.05, 0.1) is 12.3 Å². The molecule has 2 aromatic heterocycles. The molecule has 1 fully saturated rings. The molecule has 152 valence electrons. The third-order valence-corrected chi connectivity index (χ3v) is 5.53. The van der Waals surface area contributed by atoms with Gasteiger partial charge in [0.1, 0.15) is 5.69 Å². The Balaban J connectivity index is 1.82. The fourth-order valence-corrected chi connectivity index (χ4v) is 3.57. The number of amides is 1. The van der Waals surface area contributed by atoms with E-state index in [4.69, 9.17) is 16.3 Å². The molecule has 1 aliphatic rings. The van der Waals surface area contributed by atoms with E-state index in [9.17, 15) is 9.59 Å². The largest absolute Gasteiger partial charge is 0.383 e. The van der Waals surface area contributed by atoms with Crippen molar-refractivity contribution in [3.8, 4) is 11.3 Å². The Morgan fingerprint density at radius 2 is 2.07 bits per heavy atom. The summed E-state index contributed by atoms with van der Waals surface area (Å²) in [5.41, 5.74) is 1.77. The number of aromatic nitrogens is 3. The predicted molar refractivity (Wildman–Crippen MR) is 111 cm³/mol. The molecule has 0 radical (unpaired) electrons. The van der Waals surface area contributed by atoms with Gasteiger partial charge in [0.25, 0.3) is 11.5 Å². The van der Waals surface area contributed by atoms with Crippen LogP contribution in [0.1, 0.15) is 23.3 Å². The molecular weight excluding hydrogens is 392 g/mol. The average molecular weight is 415 g/mol. The Kier molecular flexibility index (Phi) is 5.43. The first-order valence-corrected chi connectivity index (χ1v) is 9.99. The van der Waals surface area contributed by atoms with Gasteiger partial charge in [-0.2, -0.15) is 0 Å². The summed E-state index contributed by atoms with van der Waals surface area (Å²) in [5, 5.41) is 0.575. The molecule has 1 amide bonds. The van der Waals surface area contributed by atoms with Gasteiger partial charge in [-0.3, -0.25) is 14.0 Å². The molecule has 0 bridgehead atoms. The highest BCUT2D eigenvalue weighted by Crippen LogP contribution is 2.33. The van der Waals surface area contributed by atoms with Crippen LogP contribution >= 0.6 is 11.6 Å². The number of hydrogen-bond acceptors (Lipinski definition) is 4. The van der Waals surface area contributed by atoms with E-state index in [0.717, 1.165) is 24.1 Å². The van der Waals surface area contributed by atoms with Crippen LogP contribution in [-0.4, -0.2) is 52.1 Å². The van der Waals surface area contributed by atoms with Gasteiger partial charge in [-0.05, 0) is 24.8 Å². The lowest BCUT2D eigenvalue weighted by Gasteiger charge is -2.14. The molecule has 8 heteroatoms. The molecule has 3 aromatic rings. The third kappa shape index (κ3) is 3.93. The number of ether oxygens (including phenoxy) is 1. The van der Waals surface area contributed by atoms with Gasteiger partial charge in [0.15, 0.2) is 0 Å². The fourth-order valence-electron chi connectivity index (χ4n) is 3.33. The highest BCUT2D eigenvalue weighted by molar-refractivity contribution is 6.33. The molecule has 0 unspecified atom stereocenters. The Morgan fingerprint density at radius 3 is 2.76 bits per heavy atom. The van der Waals surface area contributed by atoms with E-state index >= 15 is 0 Å². The van der Waals surface area contributed by atoms with E-state index in [0.29, 0.717) is 30.6 Å². The number of nitrogens with zero attached hydrogens (tertiary/aromatic N) is 4. The van der Waals surface area contributed by atoms with Crippen LogP contribution in [-0.2, 0) is 11.3 Å². The van der Waals surface area contributed by atoms with E-state index in [1.165, 1.54) is 4.90 Å². The summed E-state index contributed by atoms with van der Waals surface area (Å²) >= 11 is 6.42. The van der Waals surface area contributed by atoms with Crippen molar-refractivity contribution in [3.63, 3.8) is 0 Å². The standard InChI is InChI=1S/C21H23ClN4O3/c1-24(9-10-29-2)20(27)17-12-25-13-18(15-5-3-4-6-16(15)22)26(11-14-7-8-14)21(28)19(25)23-17/h3-6,12-14H,7-11H2,1-2H3. The van der Waals surface area contributed by atoms with Crippen molar-refractivity contribution in [1.82, 2.24) is 18.9 Å². The number of rotatable bonds is 7. The summed E-state index contributed by atoms with van der Waals surface area (Å²) in [6, 6.07) is 7.46. The highest BCUT2D eigenvalue weighted by Gasteiger charge is 2.26. The monoisotopic (exact) mass is 414 g/mol. The maximum atomic E-state index is 13.3. The SMILES string of the molecule is COCCN(C)C(=O)c1cn2cc(-c3ccccc3Cl)n(CC3CC3)c(=O)c2n1. The van der Waals surface area contributed by atoms with Crippen LogP contribution < -0.4 is 5.56 Å². The summed E-state index contributed by atoms with van der Waals surface area (Å²) < 4.78 is 8.39. The molecule has 29 heavy (non-hydrogen) atoms. The van der Waals surface area contributed by atoms with Gasteiger partial charge in [0, 0.05) is 50.2 Å². The van der Waals surface area contributed by atoms with Gasteiger partial charge in [-0.25, -0.2) is 4.98 Å². The van der Waals surface area contributed by atoms with E-state index < -0.39 is 0 Å². The first-order valence-electron chi connectivity index (χ1n) is 9.61. The van der Waals surface area contributed by atoms with Gasteiger partial charge in [0.2, 0.25) is 5.65 Å². The molecule has 0 aliphatic heterocycles. The smallest absolute Gasteiger partial charge is 0.294 e. The quantitative estimate of drug-likeness (QED) is 0.596. The number of fused-ring (bicyclic) bond motifs is 1. The van der Waals surface area contributed by atoms with Crippen LogP contribution in [0.3, 0.4) is 0 Å². The fraction of sp³-hybridized carbons (Fsp3) is 0.381. The average Bonchev–Trinajstić information content (AvgIpc) is 3.44. The van der Waals surface area contributed by atoms with E-state index in [1.54, 1.807) is 35.4 Å². The Bertz CT molecular complexity index is 1120. The molecule has 0 N–H and O–H groups in total. The number of methoxy groups -OCH3 is 1. The summed E-state index contributed by atoms with van der Waals surface area (Å²) in [6.45, 7) is 1.50. The number of carbonyl (C=O) groups excluding carboxylic acids is 1. The van der Waals surface area contributed by atoms with Gasteiger partial charge in [-0.15, -0.1) is 0 Å². The molecule has 0 spiro atoms. The summed E-state index contributed by atoms with van der Waals surface area (Å²) in [5.74, 6) is 0.241. The lowest BCUT2D eigenvalue weighted by molar-refractivity contribution is 0.0739. The second-order valence-corrected chi connectivity index (χ2v) is 7.84. The molecular formula is C21H23ClN4O3. The molecule has 0 atom stereocenters. The van der Waals surface area contributed by atoms with Crippen molar-refractivity contribution in [2.45, 2.75) is 19.4 Å². The van der Waals surface area contributed by atoms with Crippen molar-refractivity contribution in [1.29, 1.82) is 0 Å². The van der Waals surface area contributed by atoms with E-state index in [-0.39, 0.29) is 22.8 Å². The second kappa shape index (κ2) is 8.00. The van der Waals surface area contributed by atoms with Crippen LogP contribution in [0.4, 0.5) is 0 Å². The number of imidazole rings is 1. The maximum absolute atomic E-state index is 13.3. The minimum absolute atomic E-state index is 0.215. The number of carbonyl (C=O) groups is 1. The summed E-state index contributed by atoms with van der Waals surface area (Å²) in [7, 11) is 3.27. The van der Waals surface area contributed by atoms with Crippen LogP contribution in [0, 0.1) is 5.92 Å². The zero-order valence-corrected chi connectivity index (χ0v) is 17.2. The van der Waals surface area contributed by atoms with Crippen LogP contribution in [0.15, 0.2) is 41.5 Å².